The second-order valence-corrected chi connectivity index (χ2v) is 13.5. The van der Waals surface area contributed by atoms with E-state index in [4.69, 9.17) is 17.7 Å². The van der Waals surface area contributed by atoms with Crippen LogP contribution in [0.1, 0.15) is 43.7 Å². The van der Waals surface area contributed by atoms with E-state index in [2.05, 4.69) is 91.9 Å². The summed E-state index contributed by atoms with van der Waals surface area (Å²) in [5.41, 5.74) is 0.108. The van der Waals surface area contributed by atoms with Crippen LogP contribution in [0.2, 0.25) is 0 Å². The Hall–Kier alpha value is -3.01. The molecule has 6 rings (SSSR count). The van der Waals surface area contributed by atoms with Crippen molar-refractivity contribution in [1.29, 1.82) is 0 Å². The van der Waals surface area contributed by atoms with Gasteiger partial charge in [0.2, 0.25) is 0 Å². The quantitative estimate of drug-likeness (QED) is 0.0883. The van der Waals surface area contributed by atoms with Gasteiger partial charge in [-0.3, -0.25) is 0 Å². The second-order valence-electron chi connectivity index (χ2n) is 9.87. The highest BCUT2D eigenvalue weighted by molar-refractivity contribution is 7.97. The molecule has 1 fully saturated rings. The van der Waals surface area contributed by atoms with Crippen LogP contribution in [0.4, 0.5) is 13.2 Å². The Kier molecular flexibility index (Phi) is 10.4. The summed E-state index contributed by atoms with van der Waals surface area (Å²) in [5, 5.41) is 2.65. The normalized spacial score (nSPS) is 14.4. The monoisotopic (exact) mass is 602 g/mol. The molecule has 0 atom stereocenters. The third-order valence-corrected chi connectivity index (χ3v) is 9.95. The average Bonchev–Trinajstić information content (AvgIpc) is 3.61. The molecule has 0 spiro atoms. The van der Waals surface area contributed by atoms with E-state index < -0.39 is 15.6 Å². The number of halogens is 3. The van der Waals surface area contributed by atoms with E-state index in [-0.39, 0.29) is 0 Å². The van der Waals surface area contributed by atoms with Crippen LogP contribution in [-0.2, 0) is 27.4 Å². The van der Waals surface area contributed by atoms with Crippen molar-refractivity contribution >= 4 is 31.8 Å². The number of ether oxygens (including phenoxy) is 1. The van der Waals surface area contributed by atoms with E-state index in [0.29, 0.717) is 10.9 Å². The summed E-state index contributed by atoms with van der Waals surface area (Å²) in [6, 6.07) is 30.8. The van der Waals surface area contributed by atoms with Crippen molar-refractivity contribution in [2.24, 2.45) is 0 Å². The van der Waals surface area contributed by atoms with E-state index in [1.54, 1.807) is 4.90 Å². The van der Waals surface area contributed by atoms with Crippen LogP contribution in [0.25, 0.3) is 21.9 Å². The number of alkyl halides is 3. The summed E-state index contributed by atoms with van der Waals surface area (Å²) < 4.78 is 64.7. The predicted octanol–water partition coefficient (Wildman–Crippen LogP) is 8.10. The number of hydrogen-bond acceptors (Lipinski definition) is 4. The predicted molar refractivity (Wildman–Crippen MR) is 159 cm³/mol. The van der Waals surface area contributed by atoms with Gasteiger partial charge in [-0.15, -0.1) is 0 Å². The number of rotatable bonds is 5. The molecule has 0 radical (unpaired) electrons. The molecule has 4 aromatic rings. The minimum Gasteiger partial charge on any atom is -0.741 e. The maximum Gasteiger partial charge on any atom is 0.485 e. The fraction of sp³-hybridized carbons (Fsp3) is 0.312. The molecule has 0 N–H and O–H groups in total. The van der Waals surface area contributed by atoms with Gasteiger partial charge in [0.15, 0.2) is 15.0 Å². The first-order chi connectivity index (χ1) is 19.6. The van der Waals surface area contributed by atoms with Crippen molar-refractivity contribution in [2.75, 3.05) is 18.1 Å². The van der Waals surface area contributed by atoms with E-state index in [0.717, 1.165) is 25.2 Å². The van der Waals surface area contributed by atoms with Crippen molar-refractivity contribution in [3.63, 3.8) is 0 Å². The lowest BCUT2D eigenvalue weighted by Crippen LogP contribution is -2.21. The molecule has 0 aromatic heterocycles. The van der Waals surface area contributed by atoms with E-state index in [1.807, 2.05) is 0 Å². The van der Waals surface area contributed by atoms with Crippen molar-refractivity contribution < 1.29 is 30.9 Å². The van der Waals surface area contributed by atoms with Crippen LogP contribution < -0.4 is 4.74 Å². The SMILES string of the molecule is CCCCOc1ccc2cc([S+]3CCCC3)ccc2c1.O=S(=O)([O-])C(F)(F)F.c1ccc2c(c1)Cc1ccccc1-2. The first kappa shape index (κ1) is 30.9. The fourth-order valence-electron chi connectivity index (χ4n) is 4.78. The van der Waals surface area contributed by atoms with Gasteiger partial charge in [-0.2, -0.15) is 13.2 Å². The van der Waals surface area contributed by atoms with Gasteiger partial charge >= 0.3 is 5.51 Å². The van der Waals surface area contributed by atoms with Crippen molar-refractivity contribution in [2.45, 2.75) is 49.4 Å². The fourth-order valence-corrected chi connectivity index (χ4v) is 7.11. The molecular formula is C32H33F3O4S2. The summed E-state index contributed by atoms with van der Waals surface area (Å²) in [6.07, 6.45) is 6.22. The third kappa shape index (κ3) is 8.27. The molecule has 2 aliphatic rings. The maximum absolute atomic E-state index is 10.7. The zero-order valence-corrected chi connectivity index (χ0v) is 24.5. The van der Waals surface area contributed by atoms with Gasteiger partial charge < -0.3 is 9.29 Å². The minimum atomic E-state index is -6.09. The summed E-state index contributed by atoms with van der Waals surface area (Å²) in [6.45, 7) is 3.01. The van der Waals surface area contributed by atoms with Gasteiger partial charge in [0.05, 0.1) is 6.61 Å². The first-order valence-electron chi connectivity index (χ1n) is 13.6. The van der Waals surface area contributed by atoms with Gasteiger partial charge in [0.25, 0.3) is 0 Å². The molecule has 218 valence electrons. The lowest BCUT2D eigenvalue weighted by Gasteiger charge is -2.08. The second kappa shape index (κ2) is 13.8. The number of unbranched alkanes of at least 4 members (excludes halogenated alkanes) is 1. The zero-order valence-electron chi connectivity index (χ0n) is 22.8. The van der Waals surface area contributed by atoms with E-state index >= 15 is 0 Å². The minimum absolute atomic E-state index is 0.511. The van der Waals surface area contributed by atoms with Crippen LogP contribution in [0.3, 0.4) is 0 Å². The summed E-state index contributed by atoms with van der Waals surface area (Å²) in [5.74, 6) is 3.79. The van der Waals surface area contributed by atoms with Crippen LogP contribution in [0, 0.1) is 0 Å². The number of benzene rings is 4. The van der Waals surface area contributed by atoms with Crippen LogP contribution in [-0.4, -0.2) is 36.6 Å². The molecule has 1 aliphatic carbocycles. The van der Waals surface area contributed by atoms with Crippen molar-refractivity contribution in [3.05, 3.63) is 96.1 Å². The highest BCUT2D eigenvalue weighted by Gasteiger charge is 2.37. The molecule has 0 unspecified atom stereocenters. The van der Waals surface area contributed by atoms with Crippen LogP contribution in [0.15, 0.2) is 89.8 Å². The number of fused-ring (bicyclic) bond motifs is 4. The Bertz CT molecular complexity index is 1520. The molecule has 4 nitrogen and oxygen atoms in total. The molecule has 1 saturated heterocycles. The van der Waals surface area contributed by atoms with Gasteiger partial charge in [0, 0.05) is 17.0 Å². The summed E-state index contributed by atoms with van der Waals surface area (Å²) >= 11 is 0. The van der Waals surface area contributed by atoms with Gasteiger partial charge in [-0.05, 0) is 83.0 Å². The Labute approximate surface area is 242 Å². The lowest BCUT2D eigenvalue weighted by atomic mass is 10.1. The highest BCUT2D eigenvalue weighted by atomic mass is 32.2. The molecule has 0 amide bonds. The molecule has 0 saturated carbocycles. The average molecular weight is 603 g/mol. The van der Waals surface area contributed by atoms with E-state index in [1.165, 1.54) is 63.8 Å². The Morgan fingerprint density at radius 1 is 0.829 bits per heavy atom. The van der Waals surface area contributed by atoms with Gasteiger partial charge in [-0.25, -0.2) is 8.42 Å². The first-order valence-corrected chi connectivity index (χ1v) is 16.6. The summed E-state index contributed by atoms with van der Waals surface area (Å²) in [7, 11) is -5.58. The van der Waals surface area contributed by atoms with E-state index in [9.17, 15) is 13.2 Å². The molecule has 9 heteroatoms. The standard InChI is InChI=1S/C18H23OS.C13H10.CHF3O3S/c1-2-3-10-19-17-8-6-16-14-18(9-7-15(16)13-17)20-11-4-5-12-20;1-3-7-12-10(5-1)9-11-6-2-4-8-13(11)12;2-1(3,4)8(5,6)7/h6-9,13-14H,2-5,10-12H2,1H3;1-8H,9H2;(H,5,6,7)/q+1;;/p-1. The highest BCUT2D eigenvalue weighted by Crippen LogP contribution is 2.35. The number of hydrogen-bond donors (Lipinski definition) is 0. The zero-order chi connectivity index (χ0) is 29.5. The maximum atomic E-state index is 10.7. The van der Waals surface area contributed by atoms with Crippen molar-refractivity contribution in [1.82, 2.24) is 0 Å². The topological polar surface area (TPSA) is 66.4 Å². The molecule has 4 aromatic carbocycles. The lowest BCUT2D eigenvalue weighted by molar-refractivity contribution is -0.0517. The van der Waals surface area contributed by atoms with Crippen LogP contribution >= 0.6 is 0 Å². The van der Waals surface area contributed by atoms with Gasteiger partial charge in [-0.1, -0.05) is 67.9 Å². The van der Waals surface area contributed by atoms with Gasteiger partial charge in [0.1, 0.15) is 17.3 Å². The summed E-state index contributed by atoms with van der Waals surface area (Å²) in [4.78, 5) is 1.55. The Balaban J connectivity index is 0.000000158. The van der Waals surface area contributed by atoms with Crippen molar-refractivity contribution in [3.8, 4) is 16.9 Å². The largest absolute Gasteiger partial charge is 0.741 e. The molecule has 1 heterocycles. The third-order valence-electron chi connectivity index (χ3n) is 6.90. The Morgan fingerprint density at radius 2 is 1.37 bits per heavy atom. The smallest absolute Gasteiger partial charge is 0.485 e. The molecule has 1 aliphatic heterocycles. The molecule has 41 heavy (non-hydrogen) atoms. The van der Waals surface area contributed by atoms with Crippen LogP contribution in [0.5, 0.6) is 5.75 Å². The molecule has 0 bridgehead atoms. The Morgan fingerprint density at radius 3 is 1.93 bits per heavy atom. The molecular weight excluding hydrogens is 569 g/mol.